The molecule has 0 unspecified atom stereocenters. The molecule has 0 amide bonds. The van der Waals surface area contributed by atoms with Crippen LogP contribution in [-0.4, -0.2) is 26.3 Å². The van der Waals surface area contributed by atoms with Gasteiger partial charge in [-0.1, -0.05) is 12.1 Å². The summed E-state index contributed by atoms with van der Waals surface area (Å²) in [5, 5.41) is 9.48. The summed E-state index contributed by atoms with van der Waals surface area (Å²) >= 11 is 0. The van der Waals surface area contributed by atoms with E-state index in [1.165, 1.54) is 48.3 Å². The molecule has 1 saturated heterocycles. The van der Waals surface area contributed by atoms with Gasteiger partial charge in [-0.15, -0.1) is 0 Å². The van der Waals surface area contributed by atoms with Gasteiger partial charge in [-0.3, -0.25) is 0 Å². The first-order valence-corrected chi connectivity index (χ1v) is 7.23. The summed E-state index contributed by atoms with van der Waals surface area (Å²) in [6.45, 7) is 3.52. The van der Waals surface area contributed by atoms with Gasteiger partial charge in [-0.2, -0.15) is 5.26 Å². The van der Waals surface area contributed by atoms with Crippen molar-refractivity contribution >= 4 is 5.69 Å². The number of nitriles is 1. The predicted octanol–water partition coefficient (Wildman–Crippen LogP) is 2.18. The Morgan fingerprint density at radius 3 is 2.21 bits per heavy atom. The highest BCUT2D eigenvalue weighted by Crippen LogP contribution is 2.40. The highest BCUT2D eigenvalue weighted by atomic mass is 16.5. The third kappa shape index (κ3) is 1.53. The Morgan fingerprint density at radius 1 is 1.11 bits per heavy atom. The van der Waals surface area contributed by atoms with Gasteiger partial charge in [0.05, 0.1) is 19.3 Å². The van der Waals surface area contributed by atoms with E-state index >= 15 is 0 Å². The van der Waals surface area contributed by atoms with Crippen molar-refractivity contribution in [3.63, 3.8) is 0 Å². The van der Waals surface area contributed by atoms with Crippen LogP contribution in [0.5, 0.6) is 0 Å². The Hall–Kier alpha value is -1.53. The van der Waals surface area contributed by atoms with Crippen molar-refractivity contribution in [3.05, 3.63) is 28.8 Å². The molecule has 0 radical (unpaired) electrons. The second-order valence-corrected chi connectivity index (χ2v) is 6.02. The maximum atomic E-state index is 9.48. The van der Waals surface area contributed by atoms with Crippen LogP contribution in [0.2, 0.25) is 0 Å². The van der Waals surface area contributed by atoms with Crippen molar-refractivity contribution in [1.82, 2.24) is 0 Å². The third-order valence-electron chi connectivity index (χ3n) is 4.80. The average molecular weight is 254 g/mol. The summed E-state index contributed by atoms with van der Waals surface area (Å²) in [4.78, 5) is 2.54. The van der Waals surface area contributed by atoms with Gasteiger partial charge in [0, 0.05) is 18.8 Å². The molecule has 1 aromatic rings. The summed E-state index contributed by atoms with van der Waals surface area (Å²) in [7, 11) is 0. The number of aryl methyl sites for hydroxylation is 2. The van der Waals surface area contributed by atoms with E-state index in [9.17, 15) is 5.26 Å². The molecule has 0 saturated carbocycles. The summed E-state index contributed by atoms with van der Waals surface area (Å²) in [6.07, 6.45) is 4.81. The van der Waals surface area contributed by atoms with Gasteiger partial charge < -0.3 is 9.64 Å². The maximum absolute atomic E-state index is 9.48. The molecule has 0 N–H and O–H groups in total. The van der Waals surface area contributed by atoms with Crippen molar-refractivity contribution < 1.29 is 4.74 Å². The first-order valence-electron chi connectivity index (χ1n) is 7.23. The number of hydrogen-bond donors (Lipinski definition) is 0. The number of nitrogens with zero attached hydrogens (tertiary/aromatic N) is 2. The zero-order valence-corrected chi connectivity index (χ0v) is 11.1. The van der Waals surface area contributed by atoms with E-state index in [1.807, 2.05) is 0 Å². The van der Waals surface area contributed by atoms with Gasteiger partial charge in [0.2, 0.25) is 0 Å². The van der Waals surface area contributed by atoms with Crippen LogP contribution >= 0.6 is 0 Å². The molecule has 0 spiro atoms. The van der Waals surface area contributed by atoms with Crippen molar-refractivity contribution in [2.45, 2.75) is 31.1 Å². The topological polar surface area (TPSA) is 36.3 Å². The van der Waals surface area contributed by atoms with E-state index in [4.69, 9.17) is 4.74 Å². The molecular formula is C16H18N2O. The van der Waals surface area contributed by atoms with E-state index < -0.39 is 0 Å². The van der Waals surface area contributed by atoms with Crippen molar-refractivity contribution in [3.8, 4) is 6.07 Å². The van der Waals surface area contributed by atoms with Gasteiger partial charge in [-0.25, -0.2) is 0 Å². The monoisotopic (exact) mass is 254 g/mol. The third-order valence-corrected chi connectivity index (χ3v) is 4.80. The fourth-order valence-corrected chi connectivity index (χ4v) is 3.68. The van der Waals surface area contributed by atoms with Crippen LogP contribution in [0.1, 0.15) is 29.5 Å². The molecule has 0 bridgehead atoms. The van der Waals surface area contributed by atoms with Gasteiger partial charge in [0.15, 0.2) is 0 Å². The molecule has 0 aromatic heterocycles. The van der Waals surface area contributed by atoms with E-state index in [1.54, 1.807) is 0 Å². The van der Waals surface area contributed by atoms with Crippen LogP contribution in [0.4, 0.5) is 5.69 Å². The van der Waals surface area contributed by atoms with Gasteiger partial charge in [0.1, 0.15) is 5.41 Å². The second-order valence-electron chi connectivity index (χ2n) is 6.02. The van der Waals surface area contributed by atoms with Crippen LogP contribution in [0.25, 0.3) is 0 Å². The summed E-state index contributed by atoms with van der Waals surface area (Å²) in [5.41, 5.74) is 5.22. The first-order chi connectivity index (χ1) is 9.32. The van der Waals surface area contributed by atoms with E-state index in [0.717, 1.165) is 12.8 Å². The lowest BCUT2D eigenvalue weighted by molar-refractivity contribution is -0.0298. The summed E-state index contributed by atoms with van der Waals surface area (Å²) in [6, 6.07) is 7.04. The average Bonchev–Trinajstić information content (AvgIpc) is 2.39. The lowest BCUT2D eigenvalue weighted by Crippen LogP contribution is -2.46. The van der Waals surface area contributed by atoms with Crippen LogP contribution < -0.4 is 4.90 Å². The largest absolute Gasteiger partial charge is 0.377 e. The van der Waals surface area contributed by atoms with Gasteiger partial charge >= 0.3 is 0 Å². The van der Waals surface area contributed by atoms with Crippen LogP contribution in [-0.2, 0) is 23.0 Å². The first kappa shape index (κ1) is 11.3. The molecule has 3 nitrogen and oxygen atoms in total. The van der Waals surface area contributed by atoms with Crippen molar-refractivity contribution in [1.29, 1.82) is 5.26 Å². The lowest BCUT2D eigenvalue weighted by Gasteiger charge is -2.40. The van der Waals surface area contributed by atoms with E-state index in [2.05, 4.69) is 23.1 Å². The van der Waals surface area contributed by atoms with Gasteiger partial charge in [0.25, 0.3) is 0 Å². The minimum Gasteiger partial charge on any atom is -0.377 e. The highest BCUT2D eigenvalue weighted by molar-refractivity contribution is 5.65. The van der Waals surface area contributed by atoms with E-state index in [0.29, 0.717) is 13.2 Å². The zero-order chi connectivity index (χ0) is 12.9. The number of anilines is 1. The lowest BCUT2D eigenvalue weighted by atomic mass is 9.77. The van der Waals surface area contributed by atoms with Crippen molar-refractivity contribution in [2.75, 3.05) is 31.2 Å². The standard InChI is InChI=1S/C16H18N2O/c17-9-16(10-19-11-16)14-7-12-3-1-5-18-6-2-4-13(8-14)15(12)18/h7-8H,1-6,10-11H2. The quantitative estimate of drug-likeness (QED) is 0.770. The molecule has 1 aromatic carbocycles. The minimum absolute atomic E-state index is 0.370. The molecular weight excluding hydrogens is 236 g/mol. The Balaban J connectivity index is 1.86. The smallest absolute Gasteiger partial charge is 0.129 e. The van der Waals surface area contributed by atoms with E-state index in [-0.39, 0.29) is 5.41 Å². The van der Waals surface area contributed by atoms with Crippen molar-refractivity contribution in [2.24, 2.45) is 0 Å². The fraction of sp³-hybridized carbons (Fsp3) is 0.562. The number of ether oxygens (including phenoxy) is 1. The summed E-state index contributed by atoms with van der Waals surface area (Å²) < 4.78 is 5.30. The molecule has 19 heavy (non-hydrogen) atoms. The second kappa shape index (κ2) is 3.98. The minimum atomic E-state index is -0.370. The fourth-order valence-electron chi connectivity index (χ4n) is 3.68. The Bertz CT molecular complexity index is 538. The molecule has 3 aliphatic rings. The molecule has 0 aliphatic carbocycles. The predicted molar refractivity (Wildman–Crippen MR) is 73.4 cm³/mol. The number of hydrogen-bond acceptors (Lipinski definition) is 3. The normalized spacial score (nSPS) is 23.2. The van der Waals surface area contributed by atoms with Crippen LogP contribution in [0.3, 0.4) is 0 Å². The SMILES string of the molecule is N#CC1(c2cc3c4c(c2)CCCN4CCC3)COC1. The Kier molecular flexibility index (Phi) is 2.37. The van der Waals surface area contributed by atoms with Crippen LogP contribution in [0, 0.1) is 11.3 Å². The molecule has 3 heterocycles. The molecule has 3 heteroatoms. The Labute approximate surface area is 113 Å². The Morgan fingerprint density at radius 2 is 1.74 bits per heavy atom. The van der Waals surface area contributed by atoms with Crippen LogP contribution in [0.15, 0.2) is 12.1 Å². The molecule has 3 aliphatic heterocycles. The molecule has 98 valence electrons. The maximum Gasteiger partial charge on any atom is 0.129 e. The molecule has 0 atom stereocenters. The zero-order valence-electron chi connectivity index (χ0n) is 11.1. The summed E-state index contributed by atoms with van der Waals surface area (Å²) in [5.74, 6) is 0. The van der Waals surface area contributed by atoms with Gasteiger partial charge in [-0.05, 0) is 42.4 Å². The molecule has 1 fully saturated rings. The highest BCUT2D eigenvalue weighted by Gasteiger charge is 2.42. The number of benzene rings is 1. The number of rotatable bonds is 1. The molecule has 4 rings (SSSR count).